The van der Waals surface area contributed by atoms with Crippen LogP contribution in [0.5, 0.6) is 11.5 Å². The van der Waals surface area contributed by atoms with E-state index < -0.39 is 17.8 Å². The second-order valence-corrected chi connectivity index (χ2v) is 14.1. The Bertz CT molecular complexity index is 1730. The van der Waals surface area contributed by atoms with Gasteiger partial charge >= 0.3 is 6.18 Å². The second kappa shape index (κ2) is 12.5. The molecule has 0 aromatic heterocycles. The van der Waals surface area contributed by atoms with Gasteiger partial charge in [-0.15, -0.1) is 0 Å². The number of likely N-dealkylation sites (tertiary alicyclic amines) is 1. The molecule has 1 amide bonds. The summed E-state index contributed by atoms with van der Waals surface area (Å²) < 4.78 is 52.0. The van der Waals surface area contributed by atoms with E-state index in [1.165, 1.54) is 23.3 Å². The van der Waals surface area contributed by atoms with E-state index in [1.807, 2.05) is 41.3 Å². The number of rotatable bonds is 7. The molecule has 252 valence electrons. The zero-order chi connectivity index (χ0) is 33.8. The lowest BCUT2D eigenvalue weighted by molar-refractivity contribution is -0.138. The standard InChI is InChI=1S/C39H41F3N2O4/c1-24(2)22-44(34(46)18-11-25-9-13-28(14-10-25)39(40,41)42)30-16-15-29-31-21-27-12-17-33(47-3)36-35(27)38(29,37(30)48-36)19-20-43(31)23-32(45)26-7-5-4-6-8-26/h4-10,12-14,17,24,29-32,37,45H,15-16,19-23H2,1-3H3/t29-,30+,31+,32?,37-,38-/m0/s1. The number of methoxy groups -OCH3 is 1. The molecule has 1 spiro atoms. The number of carbonyl (C=O) groups excluding carboxylic acids is 1. The predicted octanol–water partition coefficient (Wildman–Crippen LogP) is 6.39. The molecule has 6 atom stereocenters. The summed E-state index contributed by atoms with van der Waals surface area (Å²) in [7, 11) is 1.65. The van der Waals surface area contributed by atoms with Crippen molar-refractivity contribution in [3.63, 3.8) is 0 Å². The van der Waals surface area contributed by atoms with Gasteiger partial charge in [0.15, 0.2) is 11.5 Å². The SMILES string of the molecule is COc1ccc2c3c1O[C@H]1[C@H](N(CC(C)C)C(=O)C#Cc4ccc(C(F)(F)F)cc4)CC[C@H]4[C@@H](C2)N(CC(O)c2ccccc2)CC[C@@]341. The molecule has 2 heterocycles. The first-order chi connectivity index (χ1) is 23.0. The number of hydrogen-bond acceptors (Lipinski definition) is 5. The Kier molecular flexibility index (Phi) is 8.45. The molecule has 1 N–H and O–H groups in total. The third-order valence-electron chi connectivity index (χ3n) is 10.9. The van der Waals surface area contributed by atoms with Gasteiger partial charge in [-0.05, 0) is 85.5 Å². The first-order valence-electron chi connectivity index (χ1n) is 16.8. The van der Waals surface area contributed by atoms with Crippen LogP contribution in [0.1, 0.15) is 67.0 Å². The van der Waals surface area contributed by atoms with Gasteiger partial charge in [0.2, 0.25) is 0 Å². The lowest BCUT2D eigenvalue weighted by Crippen LogP contribution is -2.69. The van der Waals surface area contributed by atoms with E-state index in [4.69, 9.17) is 9.47 Å². The van der Waals surface area contributed by atoms with Gasteiger partial charge in [0.25, 0.3) is 5.91 Å². The van der Waals surface area contributed by atoms with Gasteiger partial charge in [-0.2, -0.15) is 13.2 Å². The lowest BCUT2D eigenvalue weighted by atomic mass is 9.51. The molecule has 0 radical (unpaired) electrons. The van der Waals surface area contributed by atoms with E-state index in [0.717, 1.165) is 55.7 Å². The molecular formula is C39H41F3N2O4. The third-order valence-corrected chi connectivity index (χ3v) is 10.9. The van der Waals surface area contributed by atoms with Gasteiger partial charge in [0.05, 0.1) is 24.8 Å². The Labute approximate surface area is 279 Å². The fourth-order valence-electron chi connectivity index (χ4n) is 9.00. The maximum absolute atomic E-state index is 14.0. The van der Waals surface area contributed by atoms with Crippen LogP contribution in [0, 0.1) is 23.7 Å². The largest absolute Gasteiger partial charge is 0.493 e. The number of halogens is 3. The number of piperidine rings is 1. The minimum atomic E-state index is -4.44. The van der Waals surface area contributed by atoms with Crippen molar-refractivity contribution in [3.05, 3.63) is 94.5 Å². The second-order valence-electron chi connectivity index (χ2n) is 14.1. The monoisotopic (exact) mass is 658 g/mol. The summed E-state index contributed by atoms with van der Waals surface area (Å²) in [6.45, 7) is 5.94. The van der Waals surface area contributed by atoms with Crippen LogP contribution in [0.15, 0.2) is 66.7 Å². The van der Waals surface area contributed by atoms with Crippen molar-refractivity contribution in [2.24, 2.45) is 11.8 Å². The number of aliphatic hydroxyl groups is 1. The Morgan fingerprint density at radius 1 is 1.10 bits per heavy atom. The molecular weight excluding hydrogens is 617 g/mol. The molecule has 2 aliphatic carbocycles. The first-order valence-corrected chi connectivity index (χ1v) is 16.8. The maximum atomic E-state index is 14.0. The van der Waals surface area contributed by atoms with Gasteiger partial charge < -0.3 is 19.5 Å². The van der Waals surface area contributed by atoms with Crippen molar-refractivity contribution in [2.75, 3.05) is 26.7 Å². The van der Waals surface area contributed by atoms with E-state index in [2.05, 4.69) is 36.7 Å². The van der Waals surface area contributed by atoms with E-state index in [0.29, 0.717) is 24.4 Å². The van der Waals surface area contributed by atoms with Gasteiger partial charge in [0.1, 0.15) is 6.10 Å². The smallest absolute Gasteiger partial charge is 0.416 e. The van der Waals surface area contributed by atoms with E-state index in [9.17, 15) is 23.1 Å². The van der Waals surface area contributed by atoms with Crippen LogP contribution < -0.4 is 9.47 Å². The molecule has 9 heteroatoms. The Hall–Kier alpha value is -4.00. The lowest BCUT2D eigenvalue weighted by Gasteiger charge is -2.60. The van der Waals surface area contributed by atoms with Crippen LogP contribution in [0.3, 0.4) is 0 Å². The Morgan fingerprint density at radius 2 is 1.85 bits per heavy atom. The van der Waals surface area contributed by atoms with Crippen molar-refractivity contribution in [3.8, 4) is 23.3 Å². The van der Waals surface area contributed by atoms with Crippen LogP contribution in [0.4, 0.5) is 13.2 Å². The zero-order valence-electron chi connectivity index (χ0n) is 27.5. The molecule has 2 fully saturated rings. The Balaban J connectivity index is 1.22. The summed E-state index contributed by atoms with van der Waals surface area (Å²) in [6, 6.07) is 18.5. The number of amides is 1. The molecule has 1 saturated carbocycles. The highest BCUT2D eigenvalue weighted by molar-refractivity contribution is 5.94. The average molecular weight is 659 g/mol. The summed E-state index contributed by atoms with van der Waals surface area (Å²) in [5.74, 6) is 7.12. The van der Waals surface area contributed by atoms with Crippen LogP contribution in [-0.2, 0) is 22.8 Å². The minimum absolute atomic E-state index is 0.159. The first kappa shape index (κ1) is 32.5. The van der Waals surface area contributed by atoms with E-state index >= 15 is 0 Å². The number of alkyl halides is 3. The maximum Gasteiger partial charge on any atom is 0.416 e. The summed E-state index contributed by atoms with van der Waals surface area (Å²) in [6.07, 6.45) is -2.04. The van der Waals surface area contributed by atoms with Crippen LogP contribution in [0.2, 0.25) is 0 Å². The topological polar surface area (TPSA) is 62.2 Å². The van der Waals surface area contributed by atoms with Crippen molar-refractivity contribution in [1.29, 1.82) is 0 Å². The minimum Gasteiger partial charge on any atom is -0.493 e. The number of nitrogens with zero attached hydrogens (tertiary/aromatic N) is 2. The van der Waals surface area contributed by atoms with E-state index in [-0.39, 0.29) is 41.3 Å². The number of β-amino-alcohol motifs (C(OH)–C–C–N with tert-alkyl or cyclic N) is 1. The number of ether oxygens (including phenoxy) is 2. The molecule has 7 rings (SSSR count). The van der Waals surface area contributed by atoms with Crippen LogP contribution in [0.25, 0.3) is 0 Å². The number of carbonyl (C=O) groups is 1. The van der Waals surface area contributed by atoms with Crippen LogP contribution >= 0.6 is 0 Å². The number of hydrogen-bond donors (Lipinski definition) is 1. The molecule has 3 aromatic carbocycles. The highest BCUT2D eigenvalue weighted by Crippen LogP contribution is 2.64. The molecule has 1 saturated heterocycles. The molecule has 6 nitrogen and oxygen atoms in total. The fourth-order valence-corrected chi connectivity index (χ4v) is 9.00. The molecule has 2 bridgehead atoms. The molecule has 1 unspecified atom stereocenters. The quantitative estimate of drug-likeness (QED) is 0.298. The van der Waals surface area contributed by atoms with Crippen molar-refractivity contribution < 1.29 is 32.5 Å². The van der Waals surface area contributed by atoms with Crippen molar-refractivity contribution in [1.82, 2.24) is 9.80 Å². The van der Waals surface area contributed by atoms with E-state index in [1.54, 1.807) is 7.11 Å². The third kappa shape index (κ3) is 5.53. The normalized spacial score (nSPS) is 26.2. The van der Waals surface area contributed by atoms with Crippen molar-refractivity contribution >= 4 is 5.91 Å². The van der Waals surface area contributed by atoms with Gasteiger partial charge in [-0.25, -0.2) is 0 Å². The summed E-state index contributed by atoms with van der Waals surface area (Å²) in [5.41, 5.74) is 2.63. The molecule has 4 aliphatic rings. The van der Waals surface area contributed by atoms with Crippen molar-refractivity contribution in [2.45, 2.75) is 75.4 Å². The predicted molar refractivity (Wildman–Crippen MR) is 176 cm³/mol. The number of aliphatic hydroxyl groups excluding tert-OH is 1. The fraction of sp³-hybridized carbons (Fsp3) is 0.462. The van der Waals surface area contributed by atoms with Gasteiger partial charge in [-0.3, -0.25) is 9.69 Å². The molecule has 2 aliphatic heterocycles. The highest BCUT2D eigenvalue weighted by atomic mass is 19.4. The summed E-state index contributed by atoms with van der Waals surface area (Å²) >= 11 is 0. The van der Waals surface area contributed by atoms with Gasteiger partial charge in [-0.1, -0.05) is 56.2 Å². The zero-order valence-corrected chi connectivity index (χ0v) is 27.5. The number of benzene rings is 3. The summed E-state index contributed by atoms with van der Waals surface area (Å²) in [5, 5.41) is 11.2. The van der Waals surface area contributed by atoms with Crippen LogP contribution in [-0.4, -0.2) is 65.7 Å². The molecule has 3 aromatic rings. The average Bonchev–Trinajstić information content (AvgIpc) is 3.42. The Morgan fingerprint density at radius 3 is 2.54 bits per heavy atom. The van der Waals surface area contributed by atoms with Gasteiger partial charge in [0, 0.05) is 41.6 Å². The molecule has 48 heavy (non-hydrogen) atoms. The summed E-state index contributed by atoms with van der Waals surface area (Å²) in [4.78, 5) is 18.3. The highest BCUT2D eigenvalue weighted by Gasteiger charge is 2.66.